The number of nitrogens with zero attached hydrogens (tertiary/aromatic N) is 2. The average Bonchev–Trinajstić information content (AvgIpc) is 2.46. The summed E-state index contributed by atoms with van der Waals surface area (Å²) in [5, 5.41) is 0. The first-order valence-electron chi connectivity index (χ1n) is 6.08. The van der Waals surface area contributed by atoms with E-state index in [1.807, 2.05) is 12.1 Å². The van der Waals surface area contributed by atoms with Crippen molar-refractivity contribution < 1.29 is 14.3 Å². The maximum atomic E-state index is 11.4. The second kappa shape index (κ2) is 5.71. The first-order valence-corrected chi connectivity index (χ1v) is 6.08. The van der Waals surface area contributed by atoms with Gasteiger partial charge < -0.3 is 14.4 Å². The van der Waals surface area contributed by atoms with E-state index in [-0.39, 0.29) is 6.09 Å². The van der Waals surface area contributed by atoms with Crippen LogP contribution in [-0.4, -0.2) is 43.3 Å². The van der Waals surface area contributed by atoms with Gasteiger partial charge in [0, 0.05) is 24.8 Å². The summed E-state index contributed by atoms with van der Waals surface area (Å²) in [7, 11) is 3.05. The molecule has 1 aromatic rings. The van der Waals surface area contributed by atoms with Crippen molar-refractivity contribution in [2.75, 3.05) is 27.3 Å². The minimum atomic E-state index is -0.244. The van der Waals surface area contributed by atoms with Crippen LogP contribution in [-0.2, 0) is 4.74 Å². The number of carbonyl (C=O) groups excluding carboxylic acids is 1. The number of ether oxygens (including phenoxy) is 2. The van der Waals surface area contributed by atoms with Crippen molar-refractivity contribution in [1.29, 1.82) is 0 Å². The highest BCUT2D eigenvalue weighted by Gasteiger charge is 2.26. The SMILES string of the molecule is COC(=O)N1CCC(c2cccnc2OC)CC1. The first-order chi connectivity index (χ1) is 8.76. The first kappa shape index (κ1) is 12.7. The van der Waals surface area contributed by atoms with Crippen LogP contribution in [0.5, 0.6) is 5.88 Å². The molecule has 98 valence electrons. The third-order valence-corrected chi connectivity index (χ3v) is 3.36. The van der Waals surface area contributed by atoms with Crippen LogP contribution in [0.1, 0.15) is 24.3 Å². The number of amides is 1. The molecule has 0 aromatic carbocycles. The number of rotatable bonds is 2. The number of carbonyl (C=O) groups is 1. The van der Waals surface area contributed by atoms with Crippen molar-refractivity contribution in [3.8, 4) is 5.88 Å². The van der Waals surface area contributed by atoms with E-state index in [1.165, 1.54) is 7.11 Å². The molecule has 1 amide bonds. The molecule has 2 rings (SSSR count). The Morgan fingerprint density at radius 3 is 2.72 bits per heavy atom. The zero-order valence-corrected chi connectivity index (χ0v) is 10.8. The summed E-state index contributed by atoms with van der Waals surface area (Å²) in [5.74, 6) is 1.09. The maximum Gasteiger partial charge on any atom is 0.409 e. The molecule has 1 fully saturated rings. The van der Waals surface area contributed by atoms with E-state index in [0.29, 0.717) is 11.8 Å². The highest BCUT2D eigenvalue weighted by Crippen LogP contribution is 2.32. The van der Waals surface area contributed by atoms with E-state index in [4.69, 9.17) is 9.47 Å². The summed E-state index contributed by atoms with van der Waals surface area (Å²) >= 11 is 0. The second-order valence-corrected chi connectivity index (χ2v) is 4.33. The number of piperidine rings is 1. The van der Waals surface area contributed by atoms with Gasteiger partial charge in [-0.25, -0.2) is 9.78 Å². The molecule has 0 saturated carbocycles. The van der Waals surface area contributed by atoms with Crippen LogP contribution in [0.3, 0.4) is 0 Å². The third kappa shape index (κ3) is 2.55. The van der Waals surface area contributed by atoms with Gasteiger partial charge in [0.25, 0.3) is 0 Å². The van der Waals surface area contributed by atoms with Crippen LogP contribution in [0.15, 0.2) is 18.3 Å². The molecular weight excluding hydrogens is 232 g/mol. The molecule has 1 aromatic heterocycles. The number of hydrogen-bond acceptors (Lipinski definition) is 4. The lowest BCUT2D eigenvalue weighted by atomic mass is 9.90. The van der Waals surface area contributed by atoms with E-state index < -0.39 is 0 Å². The van der Waals surface area contributed by atoms with Gasteiger partial charge in [-0.15, -0.1) is 0 Å². The smallest absolute Gasteiger partial charge is 0.409 e. The molecule has 1 aliphatic heterocycles. The minimum absolute atomic E-state index is 0.244. The quantitative estimate of drug-likeness (QED) is 0.806. The molecule has 5 heteroatoms. The second-order valence-electron chi connectivity index (χ2n) is 4.33. The highest BCUT2D eigenvalue weighted by molar-refractivity contribution is 5.67. The Morgan fingerprint density at radius 1 is 1.39 bits per heavy atom. The van der Waals surface area contributed by atoms with Crippen molar-refractivity contribution in [3.63, 3.8) is 0 Å². The van der Waals surface area contributed by atoms with Gasteiger partial charge in [-0.05, 0) is 24.8 Å². The Kier molecular flexibility index (Phi) is 4.02. The monoisotopic (exact) mass is 250 g/mol. The number of methoxy groups -OCH3 is 2. The van der Waals surface area contributed by atoms with E-state index >= 15 is 0 Å². The molecule has 18 heavy (non-hydrogen) atoms. The van der Waals surface area contributed by atoms with Gasteiger partial charge in [-0.3, -0.25) is 0 Å². The van der Waals surface area contributed by atoms with Crippen LogP contribution in [0.4, 0.5) is 4.79 Å². The highest BCUT2D eigenvalue weighted by atomic mass is 16.5. The molecule has 5 nitrogen and oxygen atoms in total. The molecule has 0 radical (unpaired) electrons. The van der Waals surface area contributed by atoms with Crippen molar-refractivity contribution in [2.24, 2.45) is 0 Å². The fourth-order valence-electron chi connectivity index (χ4n) is 2.39. The van der Waals surface area contributed by atoms with Crippen molar-refractivity contribution in [3.05, 3.63) is 23.9 Å². The summed E-state index contributed by atoms with van der Waals surface area (Å²) in [5.41, 5.74) is 1.13. The lowest BCUT2D eigenvalue weighted by Gasteiger charge is -2.31. The molecular formula is C13H18N2O3. The van der Waals surface area contributed by atoms with Gasteiger partial charge in [0.1, 0.15) is 0 Å². The molecule has 0 aliphatic carbocycles. The van der Waals surface area contributed by atoms with Crippen LogP contribution >= 0.6 is 0 Å². The zero-order chi connectivity index (χ0) is 13.0. The van der Waals surface area contributed by atoms with Gasteiger partial charge in [-0.2, -0.15) is 0 Å². The summed E-state index contributed by atoms with van der Waals surface area (Å²) < 4.78 is 10.0. The number of pyridine rings is 1. The molecule has 0 atom stereocenters. The number of likely N-dealkylation sites (tertiary alicyclic amines) is 1. The fraction of sp³-hybridized carbons (Fsp3) is 0.538. The Morgan fingerprint density at radius 2 is 2.11 bits per heavy atom. The van der Waals surface area contributed by atoms with E-state index in [1.54, 1.807) is 18.2 Å². The standard InChI is InChI=1S/C13H18N2O3/c1-17-12-11(4-3-7-14-12)10-5-8-15(9-6-10)13(16)18-2/h3-4,7,10H,5-6,8-9H2,1-2H3. The van der Waals surface area contributed by atoms with Crippen LogP contribution in [0, 0.1) is 0 Å². The van der Waals surface area contributed by atoms with Crippen LogP contribution in [0.2, 0.25) is 0 Å². The molecule has 1 saturated heterocycles. The molecule has 0 bridgehead atoms. The van der Waals surface area contributed by atoms with E-state index in [2.05, 4.69) is 4.98 Å². The van der Waals surface area contributed by atoms with Crippen molar-refractivity contribution in [2.45, 2.75) is 18.8 Å². The maximum absolute atomic E-state index is 11.4. The van der Waals surface area contributed by atoms with Crippen molar-refractivity contribution >= 4 is 6.09 Å². The number of hydrogen-bond donors (Lipinski definition) is 0. The van der Waals surface area contributed by atoms with Crippen molar-refractivity contribution in [1.82, 2.24) is 9.88 Å². The van der Waals surface area contributed by atoms with Gasteiger partial charge in [0.15, 0.2) is 0 Å². The Hall–Kier alpha value is -1.78. The third-order valence-electron chi connectivity index (χ3n) is 3.36. The molecule has 2 heterocycles. The van der Waals surface area contributed by atoms with Gasteiger partial charge in [0.2, 0.25) is 5.88 Å². The number of aromatic nitrogens is 1. The zero-order valence-electron chi connectivity index (χ0n) is 10.8. The summed E-state index contributed by atoms with van der Waals surface area (Å²) in [4.78, 5) is 17.4. The van der Waals surface area contributed by atoms with Gasteiger partial charge in [0.05, 0.1) is 14.2 Å². The van der Waals surface area contributed by atoms with Gasteiger partial charge >= 0.3 is 6.09 Å². The molecule has 0 spiro atoms. The lowest BCUT2D eigenvalue weighted by Crippen LogP contribution is -2.37. The predicted octanol–water partition coefficient (Wildman–Crippen LogP) is 2.04. The Balaban J connectivity index is 2.03. The summed E-state index contributed by atoms with van der Waals surface area (Å²) in [6, 6.07) is 3.97. The van der Waals surface area contributed by atoms with Crippen LogP contribution in [0.25, 0.3) is 0 Å². The molecule has 0 N–H and O–H groups in total. The van der Waals surface area contributed by atoms with E-state index in [9.17, 15) is 4.79 Å². The summed E-state index contributed by atoms with van der Waals surface area (Å²) in [6.07, 6.45) is 3.31. The normalized spacial score (nSPS) is 16.4. The minimum Gasteiger partial charge on any atom is -0.481 e. The fourth-order valence-corrected chi connectivity index (χ4v) is 2.39. The lowest BCUT2D eigenvalue weighted by molar-refractivity contribution is 0.112. The summed E-state index contributed by atoms with van der Waals surface area (Å²) in [6.45, 7) is 1.44. The van der Waals surface area contributed by atoms with Gasteiger partial charge in [-0.1, -0.05) is 6.07 Å². The Bertz CT molecular complexity index is 414. The predicted molar refractivity (Wildman–Crippen MR) is 66.7 cm³/mol. The molecule has 0 unspecified atom stereocenters. The average molecular weight is 250 g/mol. The van der Waals surface area contributed by atoms with E-state index in [0.717, 1.165) is 31.5 Å². The molecule has 1 aliphatic rings. The Labute approximate surface area is 107 Å². The largest absolute Gasteiger partial charge is 0.481 e. The van der Waals surface area contributed by atoms with Crippen LogP contribution < -0.4 is 4.74 Å². The topological polar surface area (TPSA) is 51.7 Å².